The van der Waals surface area contributed by atoms with Gasteiger partial charge in [-0.3, -0.25) is 0 Å². The predicted octanol–water partition coefficient (Wildman–Crippen LogP) is 3.09. The summed E-state index contributed by atoms with van der Waals surface area (Å²) in [7, 11) is 0. The lowest BCUT2D eigenvalue weighted by Crippen LogP contribution is -2.30. The number of rotatable bonds is 5. The van der Waals surface area contributed by atoms with Gasteiger partial charge in [0, 0.05) is 36.1 Å². The van der Waals surface area contributed by atoms with Crippen LogP contribution < -0.4 is 10.1 Å². The van der Waals surface area contributed by atoms with Gasteiger partial charge in [-0.25, -0.2) is 0 Å². The van der Waals surface area contributed by atoms with E-state index in [1.165, 1.54) is 30.6 Å². The van der Waals surface area contributed by atoms with E-state index in [-0.39, 0.29) is 0 Å². The third-order valence-corrected chi connectivity index (χ3v) is 4.84. The molecule has 1 N–H and O–H groups in total. The Labute approximate surface area is 132 Å². The number of fused-ring (bicyclic) bond motifs is 1. The molecule has 3 rings (SSSR count). The van der Waals surface area contributed by atoms with E-state index in [0.29, 0.717) is 6.04 Å². The highest BCUT2D eigenvalue weighted by atomic mass is 35.5. The normalized spacial score (nSPS) is 21.8. The monoisotopic (exact) mass is 308 g/mol. The van der Waals surface area contributed by atoms with Crippen molar-refractivity contribution in [2.45, 2.75) is 39.3 Å². The van der Waals surface area contributed by atoms with E-state index in [1.54, 1.807) is 0 Å². The maximum Gasteiger partial charge on any atom is 0.127 e. The lowest BCUT2D eigenvalue weighted by molar-refractivity contribution is 0.264. The minimum absolute atomic E-state index is 0.666. The van der Waals surface area contributed by atoms with Crippen molar-refractivity contribution in [1.29, 1.82) is 0 Å². The Balaban J connectivity index is 1.53. The maximum absolute atomic E-state index is 6.20. The Morgan fingerprint density at radius 1 is 1.43 bits per heavy atom. The highest BCUT2D eigenvalue weighted by molar-refractivity contribution is 6.30. The molecule has 0 aromatic heterocycles. The fraction of sp³-hybridized carbons (Fsp3) is 0.647. The third-order valence-electron chi connectivity index (χ3n) is 4.62. The van der Waals surface area contributed by atoms with E-state index < -0.39 is 0 Å². The molecule has 2 aliphatic heterocycles. The number of hydrogen-bond acceptors (Lipinski definition) is 3. The van der Waals surface area contributed by atoms with E-state index in [0.717, 1.165) is 42.8 Å². The summed E-state index contributed by atoms with van der Waals surface area (Å²) >= 11 is 6.20. The van der Waals surface area contributed by atoms with Crippen molar-refractivity contribution in [1.82, 2.24) is 10.2 Å². The molecule has 1 atom stereocenters. The number of nitrogens with zero attached hydrogens (tertiary/aromatic N) is 1. The first-order valence-corrected chi connectivity index (χ1v) is 8.40. The molecule has 1 unspecified atom stereocenters. The van der Waals surface area contributed by atoms with E-state index in [2.05, 4.69) is 24.1 Å². The first kappa shape index (κ1) is 15.1. The summed E-state index contributed by atoms with van der Waals surface area (Å²) in [6, 6.07) is 4.73. The van der Waals surface area contributed by atoms with Gasteiger partial charge in [0.2, 0.25) is 0 Å². The van der Waals surface area contributed by atoms with Crippen molar-refractivity contribution in [3.05, 3.63) is 28.3 Å². The minimum atomic E-state index is 0.666. The van der Waals surface area contributed by atoms with Gasteiger partial charge in [-0.1, -0.05) is 11.6 Å². The first-order valence-electron chi connectivity index (χ1n) is 8.02. The van der Waals surface area contributed by atoms with Crippen molar-refractivity contribution in [3.63, 3.8) is 0 Å². The van der Waals surface area contributed by atoms with Crippen molar-refractivity contribution in [3.8, 4) is 5.75 Å². The number of ether oxygens (including phenoxy) is 1. The first-order chi connectivity index (χ1) is 10.1. The Kier molecular flexibility index (Phi) is 4.72. The standard InChI is InChI=1S/C17H25ClN2O/c1-12(2)20-5-3-13(11-20)9-19-10-15-8-16(18)7-14-4-6-21-17(14)15/h7-8,12-13,19H,3-6,9-11H2,1-2H3. The van der Waals surface area contributed by atoms with Crippen LogP contribution in [0.25, 0.3) is 0 Å². The van der Waals surface area contributed by atoms with Crippen LogP contribution in [0, 0.1) is 5.92 Å². The summed E-state index contributed by atoms with van der Waals surface area (Å²) in [5, 5.41) is 4.42. The molecule has 0 aliphatic carbocycles. The molecule has 3 nitrogen and oxygen atoms in total. The van der Waals surface area contributed by atoms with Crippen molar-refractivity contribution in [2.75, 3.05) is 26.2 Å². The molecule has 1 saturated heterocycles. The summed E-state index contributed by atoms with van der Waals surface area (Å²) in [4.78, 5) is 2.56. The van der Waals surface area contributed by atoms with Crippen LogP contribution in [0.2, 0.25) is 5.02 Å². The Hall–Kier alpha value is -0.770. The molecule has 0 radical (unpaired) electrons. The summed E-state index contributed by atoms with van der Waals surface area (Å²) in [5.74, 6) is 1.82. The van der Waals surface area contributed by atoms with Crippen LogP contribution in [0.3, 0.4) is 0 Å². The highest BCUT2D eigenvalue weighted by Gasteiger charge is 2.24. The van der Waals surface area contributed by atoms with Crippen LogP contribution in [-0.4, -0.2) is 37.2 Å². The summed E-state index contributed by atoms with van der Waals surface area (Å²) < 4.78 is 5.75. The largest absolute Gasteiger partial charge is 0.493 e. The molecule has 2 aliphatic rings. The zero-order valence-electron chi connectivity index (χ0n) is 13.0. The van der Waals surface area contributed by atoms with E-state index in [1.807, 2.05) is 12.1 Å². The third kappa shape index (κ3) is 3.53. The lowest BCUT2D eigenvalue weighted by atomic mass is 10.1. The quantitative estimate of drug-likeness (QED) is 0.904. The number of halogens is 1. The highest BCUT2D eigenvalue weighted by Crippen LogP contribution is 2.32. The summed E-state index contributed by atoms with van der Waals surface area (Å²) in [6.07, 6.45) is 2.28. The molecular weight excluding hydrogens is 284 g/mol. The zero-order chi connectivity index (χ0) is 14.8. The van der Waals surface area contributed by atoms with Crippen LogP contribution in [0.15, 0.2) is 12.1 Å². The second-order valence-corrected chi connectivity index (χ2v) is 6.96. The van der Waals surface area contributed by atoms with E-state index in [4.69, 9.17) is 16.3 Å². The number of hydrogen-bond donors (Lipinski definition) is 1. The average molecular weight is 309 g/mol. The molecule has 0 bridgehead atoms. The second kappa shape index (κ2) is 6.55. The molecule has 4 heteroatoms. The van der Waals surface area contributed by atoms with Gasteiger partial charge in [-0.15, -0.1) is 0 Å². The summed E-state index contributed by atoms with van der Waals surface area (Å²) in [5.41, 5.74) is 2.46. The smallest absolute Gasteiger partial charge is 0.127 e. The molecule has 1 aromatic rings. The Bertz CT molecular complexity index is 504. The Morgan fingerprint density at radius 2 is 2.29 bits per heavy atom. The fourth-order valence-corrected chi connectivity index (χ4v) is 3.65. The average Bonchev–Trinajstić information content (AvgIpc) is 3.06. The van der Waals surface area contributed by atoms with Crippen LogP contribution >= 0.6 is 11.6 Å². The van der Waals surface area contributed by atoms with Gasteiger partial charge in [-0.05, 0) is 57.0 Å². The molecule has 21 heavy (non-hydrogen) atoms. The molecule has 0 amide bonds. The van der Waals surface area contributed by atoms with Gasteiger partial charge in [-0.2, -0.15) is 0 Å². The SMILES string of the molecule is CC(C)N1CCC(CNCc2cc(Cl)cc3c2OCC3)C1. The van der Waals surface area contributed by atoms with Gasteiger partial charge >= 0.3 is 0 Å². The van der Waals surface area contributed by atoms with Gasteiger partial charge in [0.25, 0.3) is 0 Å². The maximum atomic E-state index is 6.20. The summed E-state index contributed by atoms with van der Waals surface area (Å²) in [6.45, 7) is 9.72. The number of nitrogens with one attached hydrogen (secondary N) is 1. The van der Waals surface area contributed by atoms with Crippen molar-refractivity contribution < 1.29 is 4.74 Å². The Morgan fingerprint density at radius 3 is 3.05 bits per heavy atom. The van der Waals surface area contributed by atoms with Crippen LogP contribution in [-0.2, 0) is 13.0 Å². The van der Waals surface area contributed by atoms with Gasteiger partial charge < -0.3 is 15.0 Å². The van der Waals surface area contributed by atoms with Gasteiger partial charge in [0.1, 0.15) is 5.75 Å². The van der Waals surface area contributed by atoms with E-state index in [9.17, 15) is 0 Å². The van der Waals surface area contributed by atoms with Crippen molar-refractivity contribution in [2.24, 2.45) is 5.92 Å². The zero-order valence-corrected chi connectivity index (χ0v) is 13.7. The van der Waals surface area contributed by atoms with Crippen LogP contribution in [0.1, 0.15) is 31.4 Å². The molecule has 116 valence electrons. The predicted molar refractivity (Wildman–Crippen MR) is 87.2 cm³/mol. The molecular formula is C17H25ClN2O. The molecule has 1 aromatic carbocycles. The van der Waals surface area contributed by atoms with E-state index >= 15 is 0 Å². The minimum Gasteiger partial charge on any atom is -0.493 e. The van der Waals surface area contributed by atoms with Crippen molar-refractivity contribution >= 4 is 11.6 Å². The van der Waals surface area contributed by atoms with Crippen LogP contribution in [0.5, 0.6) is 5.75 Å². The van der Waals surface area contributed by atoms with Crippen LogP contribution in [0.4, 0.5) is 0 Å². The number of likely N-dealkylation sites (tertiary alicyclic amines) is 1. The molecule has 1 fully saturated rings. The topological polar surface area (TPSA) is 24.5 Å². The fourth-order valence-electron chi connectivity index (χ4n) is 3.39. The molecule has 0 saturated carbocycles. The lowest BCUT2D eigenvalue weighted by Gasteiger charge is -2.20. The van der Waals surface area contributed by atoms with Gasteiger partial charge in [0.15, 0.2) is 0 Å². The van der Waals surface area contributed by atoms with Gasteiger partial charge in [0.05, 0.1) is 6.61 Å². The second-order valence-electron chi connectivity index (χ2n) is 6.53. The molecule has 2 heterocycles. The molecule has 0 spiro atoms. The number of benzene rings is 1.